The number of carbonyl (C=O) groups excluding carboxylic acids is 1. The number of carbonyl (C=O) groups is 1. The van der Waals surface area contributed by atoms with E-state index in [1.54, 1.807) is 13.2 Å². The summed E-state index contributed by atoms with van der Waals surface area (Å²) < 4.78 is 10.0. The maximum atomic E-state index is 11.7. The van der Waals surface area contributed by atoms with Crippen LogP contribution < -0.4 is 5.32 Å². The summed E-state index contributed by atoms with van der Waals surface area (Å²) in [6, 6.07) is 9.46. The van der Waals surface area contributed by atoms with Crippen LogP contribution in [0.15, 0.2) is 34.9 Å². The Bertz CT molecular complexity index is 546. The zero-order valence-electron chi connectivity index (χ0n) is 11.0. The highest BCUT2D eigenvalue weighted by Crippen LogP contribution is 2.20. The molecule has 0 fully saturated rings. The third-order valence-corrected chi connectivity index (χ3v) is 2.67. The Morgan fingerprint density at radius 1 is 1.37 bits per heavy atom. The maximum Gasteiger partial charge on any atom is 0.273 e. The third-order valence-electron chi connectivity index (χ3n) is 2.67. The highest BCUT2D eigenvalue weighted by Gasteiger charge is 2.12. The minimum absolute atomic E-state index is 0.265. The van der Waals surface area contributed by atoms with E-state index in [1.165, 1.54) is 5.56 Å². The van der Waals surface area contributed by atoms with Gasteiger partial charge in [-0.3, -0.25) is 4.79 Å². The molecule has 0 aliphatic heterocycles. The second-order valence-corrected chi connectivity index (χ2v) is 4.19. The van der Waals surface area contributed by atoms with Crippen molar-refractivity contribution in [3.8, 4) is 11.3 Å². The molecule has 0 atom stereocenters. The quantitative estimate of drug-likeness (QED) is 0.835. The molecule has 1 amide bonds. The number of benzene rings is 1. The van der Waals surface area contributed by atoms with Crippen LogP contribution in [0.2, 0.25) is 0 Å². The second kappa shape index (κ2) is 6.15. The molecule has 5 heteroatoms. The number of aryl methyl sites for hydroxylation is 1. The molecular weight excluding hydrogens is 244 g/mol. The van der Waals surface area contributed by atoms with Gasteiger partial charge in [0.05, 0.1) is 6.61 Å². The van der Waals surface area contributed by atoms with Gasteiger partial charge in [-0.2, -0.15) is 0 Å². The van der Waals surface area contributed by atoms with Crippen molar-refractivity contribution < 1.29 is 14.1 Å². The van der Waals surface area contributed by atoms with E-state index in [2.05, 4.69) is 10.5 Å². The first-order valence-electron chi connectivity index (χ1n) is 6.01. The average Bonchev–Trinajstić information content (AvgIpc) is 2.89. The van der Waals surface area contributed by atoms with Gasteiger partial charge >= 0.3 is 0 Å². The van der Waals surface area contributed by atoms with Crippen molar-refractivity contribution in [2.24, 2.45) is 0 Å². The molecule has 2 aromatic rings. The van der Waals surface area contributed by atoms with Crippen LogP contribution in [0, 0.1) is 6.92 Å². The summed E-state index contributed by atoms with van der Waals surface area (Å²) in [6.07, 6.45) is 0. The number of amides is 1. The molecular formula is C14H16N2O3. The van der Waals surface area contributed by atoms with Crippen molar-refractivity contribution in [1.29, 1.82) is 0 Å². The molecule has 1 heterocycles. The molecule has 0 saturated heterocycles. The van der Waals surface area contributed by atoms with Crippen LogP contribution in [0.1, 0.15) is 16.1 Å². The van der Waals surface area contributed by atoms with Crippen LogP contribution in [0.4, 0.5) is 0 Å². The second-order valence-electron chi connectivity index (χ2n) is 4.19. The normalized spacial score (nSPS) is 10.4. The van der Waals surface area contributed by atoms with Crippen molar-refractivity contribution in [3.63, 3.8) is 0 Å². The van der Waals surface area contributed by atoms with E-state index in [9.17, 15) is 4.79 Å². The number of hydrogen-bond acceptors (Lipinski definition) is 4. The van der Waals surface area contributed by atoms with Gasteiger partial charge in [-0.1, -0.05) is 35.0 Å². The topological polar surface area (TPSA) is 64.4 Å². The number of nitrogens with one attached hydrogen (secondary N) is 1. The van der Waals surface area contributed by atoms with Crippen LogP contribution in [0.25, 0.3) is 11.3 Å². The first-order chi connectivity index (χ1) is 9.20. The van der Waals surface area contributed by atoms with E-state index in [0.717, 1.165) is 5.56 Å². The van der Waals surface area contributed by atoms with Crippen molar-refractivity contribution in [1.82, 2.24) is 10.5 Å². The lowest BCUT2D eigenvalue weighted by Crippen LogP contribution is -2.27. The Balaban J connectivity index is 2.06. The molecule has 0 unspecified atom stereocenters. The van der Waals surface area contributed by atoms with Crippen molar-refractivity contribution >= 4 is 5.91 Å². The third kappa shape index (κ3) is 3.42. The summed E-state index contributed by atoms with van der Waals surface area (Å²) in [5, 5.41) is 6.45. The van der Waals surface area contributed by atoms with Crippen LogP contribution >= 0.6 is 0 Å². The lowest BCUT2D eigenvalue weighted by atomic mass is 10.1. The number of ether oxygens (including phenoxy) is 1. The number of hydrogen-bond donors (Lipinski definition) is 1. The largest absolute Gasteiger partial charge is 0.383 e. The molecule has 0 aliphatic carbocycles. The van der Waals surface area contributed by atoms with Gasteiger partial charge in [0.1, 0.15) is 0 Å². The summed E-state index contributed by atoms with van der Waals surface area (Å²) in [7, 11) is 1.58. The molecule has 0 spiro atoms. The smallest absolute Gasteiger partial charge is 0.273 e. The molecule has 100 valence electrons. The van der Waals surface area contributed by atoms with Crippen LogP contribution in [-0.4, -0.2) is 31.3 Å². The highest BCUT2D eigenvalue weighted by molar-refractivity contribution is 5.93. The Labute approximate surface area is 111 Å². The fourth-order valence-electron chi connectivity index (χ4n) is 1.59. The fraction of sp³-hybridized carbons (Fsp3) is 0.286. The van der Waals surface area contributed by atoms with E-state index < -0.39 is 0 Å². The maximum absolute atomic E-state index is 11.7. The summed E-state index contributed by atoms with van der Waals surface area (Å²) in [5.41, 5.74) is 2.33. The van der Waals surface area contributed by atoms with Gasteiger partial charge in [0, 0.05) is 25.3 Å². The fourth-order valence-corrected chi connectivity index (χ4v) is 1.59. The van der Waals surface area contributed by atoms with Gasteiger partial charge in [-0.25, -0.2) is 0 Å². The van der Waals surface area contributed by atoms with Gasteiger partial charge in [-0.05, 0) is 6.92 Å². The van der Waals surface area contributed by atoms with E-state index >= 15 is 0 Å². The molecule has 0 aliphatic rings. The molecule has 1 aromatic carbocycles. The van der Waals surface area contributed by atoms with Crippen LogP contribution in [0.3, 0.4) is 0 Å². The van der Waals surface area contributed by atoms with Gasteiger partial charge in [0.25, 0.3) is 5.91 Å². The van der Waals surface area contributed by atoms with E-state index in [-0.39, 0.29) is 11.6 Å². The van der Waals surface area contributed by atoms with Crippen molar-refractivity contribution in [2.45, 2.75) is 6.92 Å². The molecule has 19 heavy (non-hydrogen) atoms. The molecule has 0 bridgehead atoms. The van der Waals surface area contributed by atoms with E-state index in [4.69, 9.17) is 9.26 Å². The van der Waals surface area contributed by atoms with Crippen LogP contribution in [-0.2, 0) is 4.74 Å². The predicted molar refractivity (Wildman–Crippen MR) is 70.9 cm³/mol. The van der Waals surface area contributed by atoms with Crippen molar-refractivity contribution in [3.05, 3.63) is 41.6 Å². The SMILES string of the molecule is COCCNC(=O)c1cc(-c2ccc(C)cc2)on1. The number of rotatable bonds is 5. The summed E-state index contributed by atoms with van der Waals surface area (Å²) >= 11 is 0. The number of methoxy groups -OCH3 is 1. The minimum atomic E-state index is -0.265. The van der Waals surface area contributed by atoms with Crippen LogP contribution in [0.5, 0.6) is 0 Å². The Morgan fingerprint density at radius 3 is 2.79 bits per heavy atom. The number of aromatic nitrogens is 1. The Hall–Kier alpha value is -2.14. The first-order valence-corrected chi connectivity index (χ1v) is 6.01. The summed E-state index contributed by atoms with van der Waals surface area (Å²) in [4.78, 5) is 11.7. The number of nitrogens with zero attached hydrogens (tertiary/aromatic N) is 1. The molecule has 1 aromatic heterocycles. The molecule has 0 radical (unpaired) electrons. The Morgan fingerprint density at radius 2 is 2.11 bits per heavy atom. The lowest BCUT2D eigenvalue weighted by molar-refractivity contribution is 0.0928. The minimum Gasteiger partial charge on any atom is -0.383 e. The zero-order chi connectivity index (χ0) is 13.7. The zero-order valence-corrected chi connectivity index (χ0v) is 11.0. The predicted octanol–water partition coefficient (Wildman–Crippen LogP) is 2.03. The van der Waals surface area contributed by atoms with Gasteiger partial charge < -0.3 is 14.6 Å². The summed E-state index contributed by atoms with van der Waals surface area (Å²) in [5.74, 6) is 0.316. The molecule has 2 rings (SSSR count). The van der Waals surface area contributed by atoms with E-state index in [1.807, 2.05) is 31.2 Å². The molecule has 0 saturated carbocycles. The highest BCUT2D eigenvalue weighted by atomic mass is 16.5. The van der Waals surface area contributed by atoms with Gasteiger partial charge in [-0.15, -0.1) is 0 Å². The summed E-state index contributed by atoms with van der Waals surface area (Å²) in [6.45, 7) is 2.93. The van der Waals surface area contributed by atoms with Gasteiger partial charge in [0.2, 0.25) is 0 Å². The monoisotopic (exact) mass is 260 g/mol. The molecule has 5 nitrogen and oxygen atoms in total. The van der Waals surface area contributed by atoms with Crippen molar-refractivity contribution in [2.75, 3.05) is 20.3 Å². The first kappa shape index (κ1) is 13.3. The molecule has 1 N–H and O–H groups in total. The lowest BCUT2D eigenvalue weighted by Gasteiger charge is -2.00. The van der Waals surface area contributed by atoms with E-state index in [0.29, 0.717) is 18.9 Å². The average molecular weight is 260 g/mol. The van der Waals surface area contributed by atoms with Gasteiger partial charge in [0.15, 0.2) is 11.5 Å². The Kier molecular flexibility index (Phi) is 4.30. The standard InChI is InChI=1S/C14H16N2O3/c1-10-3-5-11(6-4-10)13-9-12(16-19-13)14(17)15-7-8-18-2/h3-6,9H,7-8H2,1-2H3,(H,15,17).